The van der Waals surface area contributed by atoms with Gasteiger partial charge in [0.15, 0.2) is 0 Å². The summed E-state index contributed by atoms with van der Waals surface area (Å²) < 4.78 is 53.0. The molecule has 1 unspecified atom stereocenters. The van der Waals surface area contributed by atoms with E-state index < -0.39 is 32.9 Å². The number of aromatic amines is 1. The summed E-state index contributed by atoms with van der Waals surface area (Å²) >= 11 is 0. The second-order valence-electron chi connectivity index (χ2n) is 8.53. The molecular weight excluding hydrogens is 502 g/mol. The number of sulfonamides is 1. The summed E-state index contributed by atoms with van der Waals surface area (Å²) in [5, 5.41) is 0. The van der Waals surface area contributed by atoms with Gasteiger partial charge < -0.3 is 4.98 Å². The summed E-state index contributed by atoms with van der Waals surface area (Å²) in [5.41, 5.74) is 3.52. The fourth-order valence-corrected chi connectivity index (χ4v) is 6.71. The number of nitrogens with one attached hydrogen (secondary N) is 3. The number of nitrogens with zero attached hydrogens (tertiary/aromatic N) is 2. The smallest absolute Gasteiger partial charge is 0.260 e. The van der Waals surface area contributed by atoms with Crippen LogP contribution in [0.4, 0.5) is 5.69 Å². The number of carbonyl (C=O) groups excluding carboxylic acids is 1. The number of para-hydroxylation sites is 2. The Bertz CT molecular complexity index is 1510. The number of H-pyrrole nitrogens is 1. The Labute approximate surface area is 210 Å². The number of hydrogen-bond donors (Lipinski definition) is 5. The maximum absolute atomic E-state index is 13.2. The van der Waals surface area contributed by atoms with Gasteiger partial charge in [-0.3, -0.25) is 13.9 Å². The third-order valence-electron chi connectivity index (χ3n) is 5.90. The zero-order valence-corrected chi connectivity index (χ0v) is 20.9. The van der Waals surface area contributed by atoms with Crippen molar-refractivity contribution in [3.63, 3.8) is 0 Å². The number of aromatic nitrogens is 2. The molecule has 0 aliphatic carbocycles. The van der Waals surface area contributed by atoms with E-state index in [2.05, 4.69) is 19.4 Å². The van der Waals surface area contributed by atoms with Gasteiger partial charge in [-0.15, -0.1) is 0 Å². The highest BCUT2D eigenvalue weighted by Gasteiger charge is 2.35. The van der Waals surface area contributed by atoms with Crippen molar-refractivity contribution in [1.82, 2.24) is 19.4 Å². The highest BCUT2D eigenvalue weighted by molar-refractivity contribution is 8.24. The summed E-state index contributed by atoms with van der Waals surface area (Å²) in [7, 11) is -7.28. The van der Waals surface area contributed by atoms with E-state index in [-0.39, 0.29) is 17.9 Å². The largest absolute Gasteiger partial charge is 0.341 e. The molecule has 12 heteroatoms. The lowest BCUT2D eigenvalue weighted by Crippen LogP contribution is -2.31. The normalized spacial score (nSPS) is 17.2. The minimum absolute atomic E-state index is 0.147. The molecule has 188 valence electrons. The topological polar surface area (TPSA) is 148 Å². The summed E-state index contributed by atoms with van der Waals surface area (Å²) in [6.07, 6.45) is 0.278. The summed E-state index contributed by atoms with van der Waals surface area (Å²) in [4.78, 5) is 19.7. The van der Waals surface area contributed by atoms with Gasteiger partial charge in [0, 0.05) is 0 Å². The molecule has 1 aromatic heterocycles. The van der Waals surface area contributed by atoms with Crippen LogP contribution in [0.2, 0.25) is 0 Å². The molecule has 1 aliphatic heterocycles. The molecule has 0 saturated carbocycles. The van der Waals surface area contributed by atoms with Gasteiger partial charge in [0.1, 0.15) is 12.4 Å². The van der Waals surface area contributed by atoms with E-state index in [0.29, 0.717) is 17.1 Å². The monoisotopic (exact) mass is 527 g/mol. The Morgan fingerprint density at radius 2 is 1.81 bits per heavy atom. The van der Waals surface area contributed by atoms with Gasteiger partial charge in [-0.2, -0.15) is 0 Å². The Morgan fingerprint density at radius 1 is 1.08 bits per heavy atom. The van der Waals surface area contributed by atoms with Gasteiger partial charge >= 0.3 is 0 Å². The number of carbonyl (C=O) groups is 1. The minimum atomic E-state index is -3.84. The first-order chi connectivity index (χ1) is 17.1. The zero-order valence-electron chi connectivity index (χ0n) is 19.2. The second-order valence-corrected chi connectivity index (χ2v) is 11.9. The van der Waals surface area contributed by atoms with Gasteiger partial charge in [0.2, 0.25) is 10.0 Å². The predicted molar refractivity (Wildman–Crippen MR) is 139 cm³/mol. The van der Waals surface area contributed by atoms with Crippen LogP contribution >= 0.6 is 11.0 Å². The summed E-state index contributed by atoms with van der Waals surface area (Å²) in [6, 6.07) is 20.2. The van der Waals surface area contributed by atoms with Crippen molar-refractivity contribution in [2.24, 2.45) is 0 Å². The highest BCUT2D eigenvalue weighted by Crippen LogP contribution is 2.46. The quantitative estimate of drug-likeness (QED) is 0.246. The molecule has 1 amide bonds. The Hall–Kier alpha value is -3.42. The Balaban J connectivity index is 1.48. The van der Waals surface area contributed by atoms with Crippen LogP contribution in [-0.4, -0.2) is 39.9 Å². The van der Waals surface area contributed by atoms with Crippen LogP contribution < -0.4 is 13.7 Å². The van der Waals surface area contributed by atoms with Gasteiger partial charge in [0.05, 0.1) is 27.7 Å². The average Bonchev–Trinajstić information content (AvgIpc) is 3.38. The van der Waals surface area contributed by atoms with Crippen molar-refractivity contribution < 1.29 is 22.3 Å². The molecule has 1 fully saturated rings. The lowest BCUT2D eigenvalue weighted by Gasteiger charge is -2.36. The molecule has 1 aliphatic rings. The molecule has 0 spiro atoms. The summed E-state index contributed by atoms with van der Waals surface area (Å²) in [5.74, 6) is -0.000280. The van der Waals surface area contributed by atoms with E-state index >= 15 is 0 Å². The number of anilines is 1. The van der Waals surface area contributed by atoms with Crippen molar-refractivity contribution >= 4 is 43.6 Å². The van der Waals surface area contributed by atoms with E-state index in [0.717, 1.165) is 16.6 Å². The molecule has 2 heterocycles. The first-order valence-corrected chi connectivity index (χ1v) is 14.1. The SMILES string of the molecule is Cc1cc(CC(NS(=O)(=O)c2ccccc2)c2nc3ccccc3[nH]2)ccc1N1CC(=O)NS1(O)O. The van der Waals surface area contributed by atoms with Crippen LogP contribution in [0.3, 0.4) is 0 Å². The molecule has 5 rings (SSSR count). The van der Waals surface area contributed by atoms with Crippen molar-refractivity contribution in [3.8, 4) is 0 Å². The fourth-order valence-electron chi connectivity index (χ4n) is 4.23. The van der Waals surface area contributed by atoms with Crippen molar-refractivity contribution in [1.29, 1.82) is 0 Å². The van der Waals surface area contributed by atoms with E-state index in [1.807, 2.05) is 30.3 Å². The van der Waals surface area contributed by atoms with Crippen LogP contribution in [0.25, 0.3) is 11.0 Å². The van der Waals surface area contributed by atoms with Gasteiger partial charge in [-0.05, 0) is 65.8 Å². The number of imidazole rings is 1. The lowest BCUT2D eigenvalue weighted by atomic mass is 10.0. The van der Waals surface area contributed by atoms with Crippen LogP contribution in [0, 0.1) is 6.92 Å². The van der Waals surface area contributed by atoms with Crippen LogP contribution in [0.5, 0.6) is 0 Å². The number of amides is 1. The number of fused-ring (bicyclic) bond motifs is 1. The summed E-state index contributed by atoms with van der Waals surface area (Å²) in [6.45, 7) is 1.63. The van der Waals surface area contributed by atoms with E-state index in [9.17, 15) is 22.3 Å². The van der Waals surface area contributed by atoms with Gasteiger partial charge in [-0.25, -0.2) is 27.2 Å². The lowest BCUT2D eigenvalue weighted by molar-refractivity contribution is -0.117. The van der Waals surface area contributed by atoms with Gasteiger partial charge in [-0.1, -0.05) is 42.5 Å². The molecule has 1 atom stereocenters. The molecular formula is C24H25N5O5S2. The number of aryl methyl sites for hydroxylation is 1. The van der Waals surface area contributed by atoms with Crippen molar-refractivity contribution in [2.75, 3.05) is 10.8 Å². The predicted octanol–water partition coefficient (Wildman–Crippen LogP) is 3.65. The molecule has 4 aromatic rings. The molecule has 5 N–H and O–H groups in total. The van der Waals surface area contributed by atoms with Crippen molar-refractivity contribution in [3.05, 3.63) is 89.7 Å². The maximum atomic E-state index is 13.2. The molecule has 36 heavy (non-hydrogen) atoms. The first-order valence-electron chi connectivity index (χ1n) is 11.1. The average molecular weight is 528 g/mol. The number of hydrogen-bond acceptors (Lipinski definition) is 7. The molecule has 0 radical (unpaired) electrons. The standard InChI is InChI=1S/C24H25N5O5S2/c1-16-13-17(11-12-22(16)29-15-23(30)28-36(29,33)34)14-21(24-25-19-9-5-6-10-20(19)26-24)27-35(31,32)18-7-3-2-4-8-18/h2-13,21,27,33-34H,14-15H2,1H3,(H,25,26)(H,28,30). The first kappa shape index (κ1) is 24.3. The van der Waals surface area contributed by atoms with Crippen LogP contribution in [-0.2, 0) is 21.2 Å². The third-order valence-corrected chi connectivity index (χ3v) is 8.83. The molecule has 0 bridgehead atoms. The van der Waals surface area contributed by atoms with Crippen LogP contribution in [0.15, 0.2) is 77.7 Å². The fraction of sp³-hybridized carbons (Fsp3) is 0.167. The Morgan fingerprint density at radius 3 is 2.47 bits per heavy atom. The Kier molecular flexibility index (Phi) is 6.22. The zero-order chi connectivity index (χ0) is 25.5. The van der Waals surface area contributed by atoms with E-state index in [1.54, 1.807) is 37.3 Å². The maximum Gasteiger partial charge on any atom is 0.260 e. The van der Waals surface area contributed by atoms with Gasteiger partial charge in [0.25, 0.3) is 5.91 Å². The number of rotatable bonds is 7. The number of benzene rings is 3. The molecule has 10 nitrogen and oxygen atoms in total. The van der Waals surface area contributed by atoms with Crippen LogP contribution in [0.1, 0.15) is 23.0 Å². The van der Waals surface area contributed by atoms with E-state index in [4.69, 9.17) is 0 Å². The second kappa shape index (κ2) is 9.22. The minimum Gasteiger partial charge on any atom is -0.341 e. The third kappa shape index (κ3) is 4.81. The van der Waals surface area contributed by atoms with Crippen molar-refractivity contribution in [2.45, 2.75) is 24.3 Å². The molecule has 1 saturated heterocycles. The van der Waals surface area contributed by atoms with E-state index in [1.165, 1.54) is 16.4 Å². The molecule has 3 aromatic carbocycles. The highest BCUT2D eigenvalue weighted by atomic mass is 32.3.